The number of amides is 1. The highest BCUT2D eigenvalue weighted by molar-refractivity contribution is 5.84. The Hall–Kier alpha value is -2.04. The van der Waals surface area contributed by atoms with Gasteiger partial charge >= 0.3 is 5.97 Å². The van der Waals surface area contributed by atoms with E-state index in [1.54, 1.807) is 26.0 Å². The Morgan fingerprint density at radius 3 is 2.40 bits per heavy atom. The van der Waals surface area contributed by atoms with Crippen LogP contribution in [0, 0.1) is 0 Å². The van der Waals surface area contributed by atoms with E-state index in [9.17, 15) is 9.59 Å². The van der Waals surface area contributed by atoms with Crippen molar-refractivity contribution in [2.24, 2.45) is 0 Å². The van der Waals surface area contributed by atoms with Crippen molar-refractivity contribution in [3.63, 3.8) is 0 Å². The minimum atomic E-state index is -0.801. The summed E-state index contributed by atoms with van der Waals surface area (Å²) in [5.41, 5.74) is 0. The van der Waals surface area contributed by atoms with E-state index in [-0.39, 0.29) is 11.9 Å². The second-order valence-corrected chi connectivity index (χ2v) is 4.94. The predicted molar refractivity (Wildman–Crippen MR) is 73.3 cm³/mol. The third kappa shape index (κ3) is 4.26. The zero-order valence-corrected chi connectivity index (χ0v) is 11.7. The fourth-order valence-corrected chi connectivity index (χ4v) is 1.62. The third-order valence-electron chi connectivity index (χ3n) is 2.97. The van der Waals surface area contributed by atoms with E-state index in [1.165, 1.54) is 0 Å². The van der Waals surface area contributed by atoms with Crippen LogP contribution in [-0.2, 0) is 14.3 Å². The van der Waals surface area contributed by atoms with E-state index in [4.69, 9.17) is 9.47 Å². The smallest absolute Gasteiger partial charge is 0.347 e. The molecule has 108 valence electrons. The molecule has 0 bridgehead atoms. The number of para-hydroxylation sites is 1. The molecule has 1 amide bonds. The van der Waals surface area contributed by atoms with Gasteiger partial charge in [0.1, 0.15) is 5.75 Å². The van der Waals surface area contributed by atoms with Crippen LogP contribution in [-0.4, -0.2) is 30.1 Å². The number of benzene rings is 1. The highest BCUT2D eigenvalue weighted by atomic mass is 16.6. The first-order chi connectivity index (χ1) is 9.56. The van der Waals surface area contributed by atoms with Crippen LogP contribution in [0.15, 0.2) is 30.3 Å². The second kappa shape index (κ2) is 6.41. The van der Waals surface area contributed by atoms with Gasteiger partial charge in [-0.3, -0.25) is 4.79 Å². The number of nitrogens with one attached hydrogen (secondary N) is 1. The van der Waals surface area contributed by atoms with Gasteiger partial charge < -0.3 is 14.8 Å². The van der Waals surface area contributed by atoms with Gasteiger partial charge in [-0.1, -0.05) is 18.2 Å². The van der Waals surface area contributed by atoms with E-state index >= 15 is 0 Å². The first kappa shape index (κ1) is 14.4. The van der Waals surface area contributed by atoms with Crippen molar-refractivity contribution in [2.75, 3.05) is 0 Å². The van der Waals surface area contributed by atoms with Crippen LogP contribution in [0.4, 0.5) is 0 Å². The van der Waals surface area contributed by atoms with Crippen molar-refractivity contribution in [3.8, 4) is 5.75 Å². The van der Waals surface area contributed by atoms with Crippen molar-refractivity contribution in [1.82, 2.24) is 5.32 Å². The first-order valence-electron chi connectivity index (χ1n) is 6.79. The van der Waals surface area contributed by atoms with E-state index in [1.807, 2.05) is 18.2 Å². The average Bonchev–Trinajstić information content (AvgIpc) is 3.23. The zero-order chi connectivity index (χ0) is 14.5. The normalized spacial score (nSPS) is 16.9. The van der Waals surface area contributed by atoms with Crippen LogP contribution < -0.4 is 10.1 Å². The highest BCUT2D eigenvalue weighted by Gasteiger charge is 2.28. The quantitative estimate of drug-likeness (QED) is 0.803. The van der Waals surface area contributed by atoms with Gasteiger partial charge in [0.25, 0.3) is 5.91 Å². The Bertz CT molecular complexity index is 470. The molecule has 0 saturated heterocycles. The molecule has 2 atom stereocenters. The largest absolute Gasteiger partial charge is 0.479 e. The Morgan fingerprint density at radius 1 is 1.15 bits per heavy atom. The average molecular weight is 277 g/mol. The van der Waals surface area contributed by atoms with Crippen molar-refractivity contribution >= 4 is 11.9 Å². The Kier molecular flexibility index (Phi) is 4.61. The maximum absolute atomic E-state index is 11.8. The summed E-state index contributed by atoms with van der Waals surface area (Å²) < 4.78 is 10.5. The number of rotatable bonds is 6. The lowest BCUT2D eigenvalue weighted by molar-refractivity contribution is -0.160. The number of hydrogen-bond acceptors (Lipinski definition) is 4. The lowest BCUT2D eigenvalue weighted by Gasteiger charge is -2.17. The summed E-state index contributed by atoms with van der Waals surface area (Å²) in [5, 5.41) is 2.79. The molecule has 0 aliphatic heterocycles. The zero-order valence-electron chi connectivity index (χ0n) is 11.7. The standard InChI is InChI=1S/C15H19NO4/c1-10(14(17)16-12-8-9-12)20-15(18)11(2)19-13-6-4-3-5-7-13/h3-7,10-12H,8-9H2,1-2H3,(H,16,17)/t10-,11+/m1/s1. The monoisotopic (exact) mass is 277 g/mol. The lowest BCUT2D eigenvalue weighted by atomic mass is 10.3. The molecule has 2 rings (SSSR count). The summed E-state index contributed by atoms with van der Waals surface area (Å²) in [6.07, 6.45) is 0.443. The highest BCUT2D eigenvalue weighted by Crippen LogP contribution is 2.19. The lowest BCUT2D eigenvalue weighted by Crippen LogP contribution is -2.39. The van der Waals surface area contributed by atoms with E-state index in [2.05, 4.69) is 5.32 Å². The van der Waals surface area contributed by atoms with Gasteiger partial charge in [-0.25, -0.2) is 4.79 Å². The number of carbonyl (C=O) groups excluding carboxylic acids is 2. The molecule has 5 heteroatoms. The van der Waals surface area contributed by atoms with Gasteiger partial charge in [0.05, 0.1) is 0 Å². The van der Waals surface area contributed by atoms with E-state index in [0.29, 0.717) is 5.75 Å². The molecule has 1 saturated carbocycles. The first-order valence-corrected chi connectivity index (χ1v) is 6.79. The van der Waals surface area contributed by atoms with Crippen molar-refractivity contribution in [3.05, 3.63) is 30.3 Å². The van der Waals surface area contributed by atoms with Crippen LogP contribution in [0.25, 0.3) is 0 Å². The third-order valence-corrected chi connectivity index (χ3v) is 2.97. The summed E-state index contributed by atoms with van der Waals surface area (Å²) in [7, 11) is 0. The molecule has 5 nitrogen and oxygen atoms in total. The molecule has 20 heavy (non-hydrogen) atoms. The maximum Gasteiger partial charge on any atom is 0.347 e. The predicted octanol–water partition coefficient (Wildman–Crippen LogP) is 1.66. The molecule has 0 heterocycles. The van der Waals surface area contributed by atoms with Crippen molar-refractivity contribution in [2.45, 2.75) is 44.9 Å². The molecule has 0 unspecified atom stereocenters. The second-order valence-electron chi connectivity index (χ2n) is 4.94. The van der Waals surface area contributed by atoms with Gasteiger partial charge in [0, 0.05) is 6.04 Å². The fraction of sp³-hybridized carbons (Fsp3) is 0.467. The van der Waals surface area contributed by atoms with E-state index < -0.39 is 18.2 Å². The molecule has 0 aromatic heterocycles. The maximum atomic E-state index is 11.8. The molecule has 1 aromatic rings. The topological polar surface area (TPSA) is 64.6 Å². The number of hydrogen-bond donors (Lipinski definition) is 1. The van der Waals surface area contributed by atoms with Crippen LogP contribution in [0.5, 0.6) is 5.75 Å². The summed E-state index contributed by atoms with van der Waals surface area (Å²) in [6.45, 7) is 3.16. The molecule has 1 N–H and O–H groups in total. The fourth-order valence-electron chi connectivity index (χ4n) is 1.62. The van der Waals surface area contributed by atoms with Crippen LogP contribution >= 0.6 is 0 Å². The number of ether oxygens (including phenoxy) is 2. The van der Waals surface area contributed by atoms with Gasteiger partial charge in [-0.05, 0) is 38.8 Å². The molecule has 1 aliphatic carbocycles. The summed E-state index contributed by atoms with van der Waals surface area (Å²) in [5.74, 6) is -0.216. The molecule has 1 aliphatic rings. The molecule has 0 spiro atoms. The van der Waals surface area contributed by atoms with Crippen LogP contribution in [0.1, 0.15) is 26.7 Å². The Morgan fingerprint density at radius 2 is 1.80 bits per heavy atom. The van der Waals surface area contributed by atoms with Crippen molar-refractivity contribution < 1.29 is 19.1 Å². The van der Waals surface area contributed by atoms with Gasteiger partial charge in [-0.15, -0.1) is 0 Å². The Balaban J connectivity index is 1.79. The molecule has 0 radical (unpaired) electrons. The molecule has 1 fully saturated rings. The molecular formula is C15H19NO4. The van der Waals surface area contributed by atoms with Gasteiger partial charge in [-0.2, -0.15) is 0 Å². The van der Waals surface area contributed by atoms with Crippen LogP contribution in [0.3, 0.4) is 0 Å². The number of esters is 1. The van der Waals surface area contributed by atoms with Crippen LogP contribution in [0.2, 0.25) is 0 Å². The van der Waals surface area contributed by atoms with Gasteiger partial charge in [0.15, 0.2) is 12.2 Å². The minimum absolute atomic E-state index is 0.252. The van der Waals surface area contributed by atoms with E-state index in [0.717, 1.165) is 12.8 Å². The summed E-state index contributed by atoms with van der Waals surface area (Å²) in [4.78, 5) is 23.5. The SMILES string of the molecule is C[C@H](Oc1ccccc1)C(=O)O[C@H](C)C(=O)NC1CC1. The van der Waals surface area contributed by atoms with Gasteiger partial charge in [0.2, 0.25) is 0 Å². The number of carbonyl (C=O) groups is 2. The molecular weight excluding hydrogens is 258 g/mol. The summed E-state index contributed by atoms with van der Waals surface area (Å²) in [6, 6.07) is 9.26. The van der Waals surface area contributed by atoms with Crippen molar-refractivity contribution in [1.29, 1.82) is 0 Å². The Labute approximate surface area is 118 Å². The summed E-state index contributed by atoms with van der Waals surface area (Å²) >= 11 is 0. The molecule has 1 aromatic carbocycles. The minimum Gasteiger partial charge on any atom is -0.479 e.